The number of phenolic OH excluding ortho intramolecular Hbond substituents is 1. The summed E-state index contributed by atoms with van der Waals surface area (Å²) in [6.07, 6.45) is 5.37. The van der Waals surface area contributed by atoms with E-state index in [1.807, 2.05) is 12.1 Å². The second kappa shape index (κ2) is 4.47. The van der Waals surface area contributed by atoms with Gasteiger partial charge in [0.15, 0.2) is 0 Å². The van der Waals surface area contributed by atoms with Gasteiger partial charge in [-0.2, -0.15) is 0 Å². The molecule has 0 aliphatic heterocycles. The number of hydrogen-bond acceptors (Lipinski definition) is 2. The molecule has 1 aromatic carbocycles. The molecule has 0 unspecified atom stereocenters. The maximum absolute atomic E-state index is 9.12. The minimum Gasteiger partial charge on any atom is -0.508 e. The first-order chi connectivity index (χ1) is 6.84. The largest absolute Gasteiger partial charge is 0.508 e. The van der Waals surface area contributed by atoms with Crippen molar-refractivity contribution in [2.75, 3.05) is 0 Å². The zero-order valence-electron chi connectivity index (χ0n) is 8.37. The zero-order valence-corrected chi connectivity index (χ0v) is 8.37. The number of phenols is 1. The van der Waals surface area contributed by atoms with Gasteiger partial charge < -0.3 is 10.4 Å². The van der Waals surface area contributed by atoms with Gasteiger partial charge in [-0.3, -0.25) is 0 Å². The summed E-state index contributed by atoms with van der Waals surface area (Å²) in [5.41, 5.74) is 1.25. The van der Waals surface area contributed by atoms with Crippen molar-refractivity contribution in [2.45, 2.75) is 38.3 Å². The van der Waals surface area contributed by atoms with E-state index in [9.17, 15) is 0 Å². The van der Waals surface area contributed by atoms with Crippen molar-refractivity contribution in [3.63, 3.8) is 0 Å². The highest BCUT2D eigenvalue weighted by Gasteiger charge is 2.13. The summed E-state index contributed by atoms with van der Waals surface area (Å²) < 4.78 is 0. The fourth-order valence-corrected chi connectivity index (χ4v) is 2.01. The van der Waals surface area contributed by atoms with Gasteiger partial charge in [-0.05, 0) is 30.5 Å². The smallest absolute Gasteiger partial charge is 0.115 e. The summed E-state index contributed by atoms with van der Waals surface area (Å²) in [6, 6.07) is 8.13. The lowest BCUT2D eigenvalue weighted by molar-refractivity contribution is 0.474. The zero-order chi connectivity index (χ0) is 9.80. The second-order valence-electron chi connectivity index (χ2n) is 4.03. The Balaban J connectivity index is 1.82. The quantitative estimate of drug-likeness (QED) is 0.769. The van der Waals surface area contributed by atoms with Crippen LogP contribution in [0.15, 0.2) is 24.3 Å². The van der Waals surface area contributed by atoms with Crippen LogP contribution in [0.25, 0.3) is 0 Å². The van der Waals surface area contributed by atoms with Crippen molar-refractivity contribution < 1.29 is 5.11 Å². The van der Waals surface area contributed by atoms with Crippen LogP contribution in [0.3, 0.4) is 0 Å². The molecule has 2 rings (SSSR count). The molecule has 0 radical (unpaired) electrons. The normalized spacial score (nSPS) is 17.4. The molecular weight excluding hydrogens is 174 g/mol. The summed E-state index contributed by atoms with van der Waals surface area (Å²) in [5.74, 6) is 0.342. The van der Waals surface area contributed by atoms with Crippen LogP contribution < -0.4 is 5.32 Å². The van der Waals surface area contributed by atoms with E-state index < -0.39 is 0 Å². The Labute approximate surface area is 85.0 Å². The van der Waals surface area contributed by atoms with E-state index in [1.54, 1.807) is 12.1 Å². The van der Waals surface area contributed by atoms with Crippen molar-refractivity contribution in [1.29, 1.82) is 0 Å². The van der Waals surface area contributed by atoms with E-state index in [-0.39, 0.29) is 0 Å². The predicted octanol–water partition coefficient (Wildman–Crippen LogP) is 2.42. The third-order valence-corrected chi connectivity index (χ3v) is 2.89. The number of hydrogen-bond donors (Lipinski definition) is 2. The Bertz CT molecular complexity index is 275. The minimum absolute atomic E-state index is 0.342. The molecule has 1 saturated carbocycles. The highest BCUT2D eigenvalue weighted by atomic mass is 16.3. The van der Waals surface area contributed by atoms with E-state index in [0.717, 1.165) is 6.54 Å². The van der Waals surface area contributed by atoms with Gasteiger partial charge in [0.05, 0.1) is 0 Å². The molecular formula is C12H17NO. The molecule has 0 saturated heterocycles. The van der Waals surface area contributed by atoms with Crippen LogP contribution >= 0.6 is 0 Å². The molecule has 0 spiro atoms. The summed E-state index contributed by atoms with van der Waals surface area (Å²) >= 11 is 0. The summed E-state index contributed by atoms with van der Waals surface area (Å²) in [7, 11) is 0. The van der Waals surface area contributed by atoms with Crippen molar-refractivity contribution in [3.05, 3.63) is 29.8 Å². The second-order valence-corrected chi connectivity index (χ2v) is 4.03. The van der Waals surface area contributed by atoms with E-state index in [4.69, 9.17) is 5.11 Å². The summed E-state index contributed by atoms with van der Waals surface area (Å²) in [4.78, 5) is 0. The van der Waals surface area contributed by atoms with Crippen LogP contribution in [0, 0.1) is 0 Å². The number of benzene rings is 1. The van der Waals surface area contributed by atoms with E-state index in [0.29, 0.717) is 11.8 Å². The molecule has 2 heteroatoms. The minimum atomic E-state index is 0.342. The van der Waals surface area contributed by atoms with Crippen LogP contribution in [0.1, 0.15) is 31.2 Å². The first kappa shape index (κ1) is 9.53. The first-order valence-electron chi connectivity index (χ1n) is 5.36. The summed E-state index contributed by atoms with van der Waals surface area (Å²) in [5, 5.41) is 12.7. The molecule has 76 valence electrons. The molecule has 0 amide bonds. The Morgan fingerprint density at radius 1 is 1.14 bits per heavy atom. The maximum Gasteiger partial charge on any atom is 0.115 e. The molecule has 14 heavy (non-hydrogen) atoms. The fraction of sp³-hybridized carbons (Fsp3) is 0.500. The Hall–Kier alpha value is -1.02. The van der Waals surface area contributed by atoms with Gasteiger partial charge >= 0.3 is 0 Å². The lowest BCUT2D eigenvalue weighted by Gasteiger charge is -2.11. The Morgan fingerprint density at radius 2 is 1.79 bits per heavy atom. The van der Waals surface area contributed by atoms with Crippen molar-refractivity contribution in [1.82, 2.24) is 5.32 Å². The molecule has 1 aromatic rings. The molecule has 0 bridgehead atoms. The topological polar surface area (TPSA) is 32.3 Å². The average Bonchev–Trinajstić information content (AvgIpc) is 2.70. The lowest BCUT2D eigenvalue weighted by atomic mass is 10.2. The molecule has 0 atom stereocenters. The van der Waals surface area contributed by atoms with Crippen LogP contribution in [-0.4, -0.2) is 11.1 Å². The molecule has 2 N–H and O–H groups in total. The Morgan fingerprint density at radius 3 is 2.43 bits per heavy atom. The fourth-order valence-electron chi connectivity index (χ4n) is 2.01. The van der Waals surface area contributed by atoms with Gasteiger partial charge in [-0.1, -0.05) is 25.0 Å². The van der Waals surface area contributed by atoms with Crippen molar-refractivity contribution in [3.8, 4) is 5.75 Å². The van der Waals surface area contributed by atoms with Crippen molar-refractivity contribution in [2.24, 2.45) is 0 Å². The maximum atomic E-state index is 9.12. The van der Waals surface area contributed by atoms with Gasteiger partial charge in [0, 0.05) is 12.6 Å². The van der Waals surface area contributed by atoms with Gasteiger partial charge in [-0.25, -0.2) is 0 Å². The predicted molar refractivity (Wildman–Crippen MR) is 57.2 cm³/mol. The number of rotatable bonds is 3. The van der Waals surface area contributed by atoms with Gasteiger partial charge in [-0.15, -0.1) is 0 Å². The standard InChI is InChI=1S/C12H17NO/c14-12-7-5-10(6-8-12)9-13-11-3-1-2-4-11/h5-8,11,13-14H,1-4,9H2. The van der Waals surface area contributed by atoms with Gasteiger partial charge in [0.2, 0.25) is 0 Å². The third kappa shape index (κ3) is 2.48. The van der Waals surface area contributed by atoms with E-state index in [2.05, 4.69) is 5.32 Å². The van der Waals surface area contributed by atoms with E-state index >= 15 is 0 Å². The third-order valence-electron chi connectivity index (χ3n) is 2.89. The first-order valence-corrected chi connectivity index (χ1v) is 5.36. The van der Waals surface area contributed by atoms with Crippen LogP contribution in [0.4, 0.5) is 0 Å². The Kier molecular flexibility index (Phi) is 3.04. The van der Waals surface area contributed by atoms with Crippen LogP contribution in [0.2, 0.25) is 0 Å². The SMILES string of the molecule is Oc1ccc(CNC2CCCC2)cc1. The van der Waals surface area contributed by atoms with Crippen LogP contribution in [-0.2, 0) is 6.54 Å². The lowest BCUT2D eigenvalue weighted by Crippen LogP contribution is -2.25. The highest BCUT2D eigenvalue weighted by molar-refractivity contribution is 5.25. The molecule has 0 aromatic heterocycles. The average molecular weight is 191 g/mol. The molecule has 0 heterocycles. The molecule has 1 fully saturated rings. The number of aromatic hydroxyl groups is 1. The monoisotopic (exact) mass is 191 g/mol. The van der Waals surface area contributed by atoms with Crippen molar-refractivity contribution >= 4 is 0 Å². The van der Waals surface area contributed by atoms with Gasteiger partial charge in [0.25, 0.3) is 0 Å². The summed E-state index contributed by atoms with van der Waals surface area (Å²) in [6.45, 7) is 0.922. The molecule has 1 aliphatic rings. The highest BCUT2D eigenvalue weighted by Crippen LogP contribution is 2.18. The molecule has 1 aliphatic carbocycles. The number of nitrogens with one attached hydrogen (secondary N) is 1. The van der Waals surface area contributed by atoms with E-state index in [1.165, 1.54) is 31.2 Å². The van der Waals surface area contributed by atoms with Gasteiger partial charge in [0.1, 0.15) is 5.75 Å². The molecule has 2 nitrogen and oxygen atoms in total. The van der Waals surface area contributed by atoms with Crippen LogP contribution in [0.5, 0.6) is 5.75 Å².